The van der Waals surface area contributed by atoms with Crippen molar-refractivity contribution in [1.82, 2.24) is 14.5 Å². The summed E-state index contributed by atoms with van der Waals surface area (Å²) in [6.45, 7) is 3.20. The third kappa shape index (κ3) is 4.94. The van der Waals surface area contributed by atoms with Crippen LogP contribution in [0, 0.1) is 12.3 Å². The number of nitrogens with zero attached hydrogens (tertiary/aromatic N) is 2. The Kier molecular flexibility index (Phi) is 6.09. The van der Waals surface area contributed by atoms with E-state index in [2.05, 4.69) is 16.1 Å². The second-order valence-corrected chi connectivity index (χ2v) is 7.11. The van der Waals surface area contributed by atoms with Gasteiger partial charge in [-0.15, -0.1) is 6.42 Å². The highest BCUT2D eigenvalue weighted by atomic mass is 32.2. The summed E-state index contributed by atoms with van der Waals surface area (Å²) in [7, 11) is 0.0418. The van der Waals surface area contributed by atoms with Gasteiger partial charge in [-0.25, -0.2) is 12.7 Å². The van der Waals surface area contributed by atoms with Gasteiger partial charge in [0.15, 0.2) is 0 Å². The first kappa shape index (κ1) is 15.4. The molecule has 0 amide bonds. The lowest BCUT2D eigenvalue weighted by molar-refractivity contribution is 0.219. The van der Waals surface area contributed by atoms with Gasteiger partial charge in [-0.1, -0.05) is 5.92 Å². The highest BCUT2D eigenvalue weighted by molar-refractivity contribution is 7.89. The molecule has 1 fully saturated rings. The van der Waals surface area contributed by atoms with Gasteiger partial charge in [-0.3, -0.25) is 4.90 Å². The van der Waals surface area contributed by atoms with E-state index in [4.69, 9.17) is 6.42 Å². The van der Waals surface area contributed by atoms with Crippen LogP contribution in [0.5, 0.6) is 0 Å². The van der Waals surface area contributed by atoms with Crippen LogP contribution in [0.15, 0.2) is 0 Å². The number of terminal acetylenes is 1. The van der Waals surface area contributed by atoms with Crippen LogP contribution in [0.2, 0.25) is 0 Å². The molecule has 5 nitrogen and oxygen atoms in total. The molecule has 18 heavy (non-hydrogen) atoms. The van der Waals surface area contributed by atoms with Gasteiger partial charge >= 0.3 is 0 Å². The Bertz CT molecular complexity index is 379. The van der Waals surface area contributed by atoms with Crippen LogP contribution >= 0.6 is 0 Å². The van der Waals surface area contributed by atoms with Gasteiger partial charge in [-0.05, 0) is 12.8 Å². The van der Waals surface area contributed by atoms with Crippen molar-refractivity contribution in [1.29, 1.82) is 0 Å². The van der Waals surface area contributed by atoms with Crippen molar-refractivity contribution in [2.45, 2.75) is 18.9 Å². The number of hydrogen-bond acceptors (Lipinski definition) is 4. The highest BCUT2D eigenvalue weighted by Gasteiger charge is 2.19. The molecule has 0 aromatic carbocycles. The van der Waals surface area contributed by atoms with Crippen molar-refractivity contribution in [2.24, 2.45) is 0 Å². The Balaban J connectivity index is 2.21. The number of likely N-dealkylation sites (tertiary alicyclic amines) is 1. The molecule has 1 rings (SSSR count). The van der Waals surface area contributed by atoms with Crippen LogP contribution in [-0.2, 0) is 10.0 Å². The predicted octanol–water partition coefficient (Wildman–Crippen LogP) is -0.435. The van der Waals surface area contributed by atoms with E-state index in [0.29, 0.717) is 19.1 Å². The largest absolute Gasteiger partial charge is 0.313 e. The smallest absolute Gasteiger partial charge is 0.214 e. The summed E-state index contributed by atoms with van der Waals surface area (Å²) in [5.74, 6) is 2.81. The number of rotatable bonds is 6. The van der Waals surface area contributed by atoms with Crippen molar-refractivity contribution in [3.63, 3.8) is 0 Å². The summed E-state index contributed by atoms with van der Waals surface area (Å²) < 4.78 is 24.4. The lowest BCUT2D eigenvalue weighted by Crippen LogP contribution is -2.44. The number of hydrogen-bond donors (Lipinski definition) is 1. The van der Waals surface area contributed by atoms with Crippen molar-refractivity contribution in [3.8, 4) is 12.3 Å². The molecule has 0 spiro atoms. The van der Waals surface area contributed by atoms with Crippen molar-refractivity contribution < 1.29 is 8.42 Å². The number of nitrogens with one attached hydrogen (secondary N) is 1. The molecule has 104 valence electrons. The van der Waals surface area contributed by atoms with Crippen LogP contribution in [0.4, 0.5) is 0 Å². The maximum absolute atomic E-state index is 11.6. The zero-order valence-corrected chi connectivity index (χ0v) is 12.0. The molecule has 0 atom stereocenters. The number of piperidine rings is 1. The third-order valence-electron chi connectivity index (χ3n) is 3.25. The van der Waals surface area contributed by atoms with Crippen LogP contribution in [0.1, 0.15) is 12.8 Å². The second kappa shape index (κ2) is 7.10. The van der Waals surface area contributed by atoms with Crippen molar-refractivity contribution in [2.75, 3.05) is 46.0 Å². The van der Waals surface area contributed by atoms with Crippen LogP contribution in [-0.4, -0.2) is 69.7 Å². The zero-order valence-electron chi connectivity index (χ0n) is 11.2. The first-order chi connectivity index (χ1) is 8.45. The molecule has 0 aromatic rings. The molecule has 0 saturated carbocycles. The molecule has 0 unspecified atom stereocenters. The van der Waals surface area contributed by atoms with Crippen molar-refractivity contribution >= 4 is 10.0 Å². The molecule has 0 bridgehead atoms. The summed E-state index contributed by atoms with van der Waals surface area (Å²) in [6, 6.07) is 0.413. The van der Waals surface area contributed by atoms with Gasteiger partial charge in [0, 0.05) is 39.8 Å². The Labute approximate surface area is 111 Å². The quantitative estimate of drug-likeness (QED) is 0.667. The standard InChI is InChI=1S/C12H23N3O2S/c1-4-8-15-9-5-12(6-10-15)13-7-11-18(16,17)14(2)3/h1,12-13H,5-11H2,2-3H3. The molecule has 1 aliphatic heterocycles. The molecule has 1 aliphatic rings. The minimum absolute atomic E-state index is 0.157. The first-order valence-electron chi connectivity index (χ1n) is 6.25. The van der Waals surface area contributed by atoms with Crippen LogP contribution < -0.4 is 5.32 Å². The monoisotopic (exact) mass is 273 g/mol. The summed E-state index contributed by atoms with van der Waals surface area (Å²) in [5, 5.41) is 3.31. The van der Waals surface area contributed by atoms with E-state index in [0.717, 1.165) is 25.9 Å². The topological polar surface area (TPSA) is 52.7 Å². The van der Waals surface area contributed by atoms with Gasteiger partial charge in [0.1, 0.15) is 0 Å². The normalized spacial score (nSPS) is 19.0. The maximum atomic E-state index is 11.6. The highest BCUT2D eigenvalue weighted by Crippen LogP contribution is 2.09. The van der Waals surface area contributed by atoms with E-state index in [1.165, 1.54) is 4.31 Å². The SMILES string of the molecule is C#CCN1CCC(NCCS(=O)(=O)N(C)C)CC1. The molecule has 0 aliphatic carbocycles. The van der Waals surface area contributed by atoms with Crippen LogP contribution in [0.3, 0.4) is 0 Å². The lowest BCUT2D eigenvalue weighted by atomic mass is 10.1. The third-order valence-corrected chi connectivity index (χ3v) is 5.08. The summed E-state index contributed by atoms with van der Waals surface area (Å²) in [5.41, 5.74) is 0. The Hall–Kier alpha value is -0.610. The molecular formula is C12H23N3O2S. The predicted molar refractivity (Wildman–Crippen MR) is 73.8 cm³/mol. The first-order valence-corrected chi connectivity index (χ1v) is 7.86. The van der Waals surface area contributed by atoms with E-state index >= 15 is 0 Å². The Morgan fingerprint density at radius 2 is 2.00 bits per heavy atom. The van der Waals surface area contributed by atoms with Gasteiger partial charge < -0.3 is 5.32 Å². The van der Waals surface area contributed by atoms with Gasteiger partial charge in [0.2, 0.25) is 10.0 Å². The summed E-state index contributed by atoms with van der Waals surface area (Å²) in [6.07, 6.45) is 7.33. The van der Waals surface area contributed by atoms with Gasteiger partial charge in [0.25, 0.3) is 0 Å². The fraction of sp³-hybridized carbons (Fsp3) is 0.833. The van der Waals surface area contributed by atoms with Crippen LogP contribution in [0.25, 0.3) is 0 Å². The van der Waals surface area contributed by atoms with E-state index in [-0.39, 0.29) is 5.75 Å². The van der Waals surface area contributed by atoms with Gasteiger partial charge in [-0.2, -0.15) is 0 Å². The molecule has 0 radical (unpaired) electrons. The van der Waals surface area contributed by atoms with Gasteiger partial charge in [0.05, 0.1) is 12.3 Å². The Morgan fingerprint density at radius 1 is 1.39 bits per heavy atom. The fourth-order valence-corrected chi connectivity index (χ4v) is 2.74. The molecule has 1 saturated heterocycles. The summed E-state index contributed by atoms with van der Waals surface area (Å²) >= 11 is 0. The molecule has 1 heterocycles. The van der Waals surface area contributed by atoms with Crippen molar-refractivity contribution in [3.05, 3.63) is 0 Å². The minimum atomic E-state index is -3.08. The average Bonchev–Trinajstić information content (AvgIpc) is 2.31. The Morgan fingerprint density at radius 3 is 2.50 bits per heavy atom. The van der Waals surface area contributed by atoms with E-state index in [1.807, 2.05) is 0 Å². The molecule has 0 aromatic heterocycles. The molecule has 6 heteroatoms. The molecule has 1 N–H and O–H groups in total. The van der Waals surface area contributed by atoms with E-state index < -0.39 is 10.0 Å². The minimum Gasteiger partial charge on any atom is -0.313 e. The lowest BCUT2D eigenvalue weighted by Gasteiger charge is -2.31. The zero-order chi connectivity index (χ0) is 13.6. The summed E-state index contributed by atoms with van der Waals surface area (Å²) in [4.78, 5) is 2.24. The number of sulfonamides is 1. The molecular weight excluding hydrogens is 250 g/mol. The fourth-order valence-electron chi connectivity index (χ4n) is 2.00. The second-order valence-electron chi connectivity index (χ2n) is 4.81. The van der Waals surface area contributed by atoms with E-state index in [1.54, 1.807) is 14.1 Å². The average molecular weight is 273 g/mol. The maximum Gasteiger partial charge on any atom is 0.214 e. The van der Waals surface area contributed by atoms with E-state index in [9.17, 15) is 8.42 Å².